The van der Waals surface area contributed by atoms with Crippen LogP contribution in [0.15, 0.2) is 44.6 Å². The molecule has 1 amide bonds. The maximum absolute atomic E-state index is 12.2. The van der Waals surface area contributed by atoms with E-state index in [9.17, 15) is 14.4 Å². The molecule has 3 rings (SSSR count). The third-order valence-electron chi connectivity index (χ3n) is 3.17. The molecule has 3 aromatic heterocycles. The third kappa shape index (κ3) is 3.49. The Morgan fingerprint density at radius 2 is 2.13 bits per heavy atom. The molecule has 8 heteroatoms. The number of nitrogens with zero attached hydrogens (tertiary/aromatic N) is 1. The Bertz CT molecular complexity index is 964. The molecule has 0 aliphatic heterocycles. The van der Waals surface area contributed by atoms with Gasteiger partial charge in [0.05, 0.1) is 5.52 Å². The second-order valence-electron chi connectivity index (χ2n) is 4.69. The minimum atomic E-state index is -0.468. The Morgan fingerprint density at radius 3 is 2.91 bits per heavy atom. The fourth-order valence-electron chi connectivity index (χ4n) is 2.07. The van der Waals surface area contributed by atoms with E-state index in [-0.39, 0.29) is 24.6 Å². The van der Waals surface area contributed by atoms with Crippen molar-refractivity contribution in [3.05, 3.63) is 60.8 Å². The average Bonchev–Trinajstić information content (AvgIpc) is 3.19. The van der Waals surface area contributed by atoms with Crippen LogP contribution in [0.4, 0.5) is 0 Å². The first kappa shape index (κ1) is 15.4. The number of carbonyl (C=O) groups is 1. The number of hydrogen-bond donors (Lipinski definition) is 2. The standard InChI is InChI=1S/C15H13N3O3S2/c19-12(4-3-10-2-1-8-22-10)16-6-7-18-14(20)13-11(5-9-23-13)17-15(18)21/h1-5,8-9H,6-7H2,(H,16,19)(H,17,21)/b4-3-. The molecule has 23 heavy (non-hydrogen) atoms. The lowest BCUT2D eigenvalue weighted by Crippen LogP contribution is -2.38. The number of aromatic nitrogens is 2. The molecule has 0 fully saturated rings. The molecular formula is C15H13N3O3S2. The van der Waals surface area contributed by atoms with Gasteiger partial charge < -0.3 is 10.3 Å². The molecule has 0 spiro atoms. The highest BCUT2D eigenvalue weighted by Gasteiger charge is 2.08. The minimum Gasteiger partial charge on any atom is -0.351 e. The Hall–Kier alpha value is -2.45. The van der Waals surface area contributed by atoms with Crippen LogP contribution in [0.5, 0.6) is 0 Å². The summed E-state index contributed by atoms with van der Waals surface area (Å²) in [4.78, 5) is 39.4. The van der Waals surface area contributed by atoms with Crippen molar-refractivity contribution in [1.29, 1.82) is 0 Å². The highest BCUT2D eigenvalue weighted by atomic mass is 32.1. The largest absolute Gasteiger partial charge is 0.351 e. The summed E-state index contributed by atoms with van der Waals surface area (Å²) in [6.07, 6.45) is 3.15. The van der Waals surface area contributed by atoms with E-state index in [0.717, 1.165) is 9.44 Å². The van der Waals surface area contributed by atoms with Crippen molar-refractivity contribution in [2.45, 2.75) is 6.54 Å². The zero-order valence-electron chi connectivity index (χ0n) is 11.9. The summed E-state index contributed by atoms with van der Waals surface area (Å²) in [7, 11) is 0. The number of thiophene rings is 2. The van der Waals surface area contributed by atoms with Crippen LogP contribution in [0.2, 0.25) is 0 Å². The summed E-state index contributed by atoms with van der Waals surface area (Å²) in [6.45, 7) is 0.327. The van der Waals surface area contributed by atoms with Crippen molar-refractivity contribution in [2.24, 2.45) is 0 Å². The summed E-state index contributed by atoms with van der Waals surface area (Å²) in [6, 6.07) is 5.51. The van der Waals surface area contributed by atoms with E-state index >= 15 is 0 Å². The molecule has 0 aliphatic rings. The zero-order valence-corrected chi connectivity index (χ0v) is 13.6. The van der Waals surface area contributed by atoms with Crippen LogP contribution in [-0.2, 0) is 11.3 Å². The van der Waals surface area contributed by atoms with Crippen molar-refractivity contribution >= 4 is 44.9 Å². The summed E-state index contributed by atoms with van der Waals surface area (Å²) in [5.74, 6) is -0.264. The summed E-state index contributed by atoms with van der Waals surface area (Å²) in [5.41, 5.74) is -0.254. The molecular weight excluding hydrogens is 334 g/mol. The van der Waals surface area contributed by atoms with Gasteiger partial charge in [0.25, 0.3) is 5.56 Å². The molecule has 0 saturated heterocycles. The van der Waals surface area contributed by atoms with Gasteiger partial charge in [-0.2, -0.15) is 0 Å². The number of nitrogens with one attached hydrogen (secondary N) is 2. The van der Waals surface area contributed by atoms with E-state index in [1.54, 1.807) is 17.5 Å². The second-order valence-corrected chi connectivity index (χ2v) is 6.59. The van der Waals surface area contributed by atoms with Crippen LogP contribution in [0, 0.1) is 0 Å². The Labute approximate surface area is 138 Å². The molecule has 0 saturated carbocycles. The van der Waals surface area contributed by atoms with Gasteiger partial charge >= 0.3 is 5.69 Å². The summed E-state index contributed by atoms with van der Waals surface area (Å²) < 4.78 is 1.61. The SMILES string of the molecule is O=C(/C=C\c1cccs1)NCCn1c(=O)[nH]c2ccsc2c1=O. The fraction of sp³-hybridized carbons (Fsp3) is 0.133. The van der Waals surface area contributed by atoms with Crippen molar-refractivity contribution in [1.82, 2.24) is 14.9 Å². The van der Waals surface area contributed by atoms with Gasteiger partial charge in [0, 0.05) is 24.0 Å². The lowest BCUT2D eigenvalue weighted by Gasteiger charge is -2.05. The predicted octanol–water partition coefficient (Wildman–Crippen LogP) is 1.64. The van der Waals surface area contributed by atoms with Crippen LogP contribution in [-0.4, -0.2) is 22.0 Å². The van der Waals surface area contributed by atoms with Crippen LogP contribution in [0.25, 0.3) is 16.3 Å². The van der Waals surface area contributed by atoms with Crippen LogP contribution >= 0.6 is 22.7 Å². The normalized spacial score (nSPS) is 11.3. The van der Waals surface area contributed by atoms with Crippen LogP contribution in [0.1, 0.15) is 4.88 Å². The van der Waals surface area contributed by atoms with Crippen molar-refractivity contribution < 1.29 is 4.79 Å². The quantitative estimate of drug-likeness (QED) is 0.688. The van der Waals surface area contributed by atoms with E-state index in [1.165, 1.54) is 28.7 Å². The van der Waals surface area contributed by atoms with Gasteiger partial charge in [-0.05, 0) is 29.0 Å². The molecule has 0 atom stereocenters. The number of H-pyrrole nitrogens is 1. The molecule has 3 aromatic rings. The first-order chi connectivity index (χ1) is 11.1. The number of carbonyl (C=O) groups excluding carboxylic acids is 1. The molecule has 3 heterocycles. The van der Waals surface area contributed by atoms with Gasteiger partial charge in [-0.3, -0.25) is 14.2 Å². The van der Waals surface area contributed by atoms with Crippen molar-refractivity contribution in [3.63, 3.8) is 0 Å². The molecule has 0 aromatic carbocycles. The van der Waals surface area contributed by atoms with Gasteiger partial charge in [-0.25, -0.2) is 4.79 Å². The van der Waals surface area contributed by atoms with Crippen molar-refractivity contribution in [2.75, 3.05) is 6.54 Å². The second kappa shape index (κ2) is 6.76. The molecule has 0 radical (unpaired) electrons. The minimum absolute atomic E-state index is 0.126. The van der Waals surface area contributed by atoms with Gasteiger partial charge in [0.15, 0.2) is 0 Å². The average molecular weight is 347 g/mol. The first-order valence-electron chi connectivity index (χ1n) is 6.85. The summed E-state index contributed by atoms with van der Waals surface area (Å²) >= 11 is 2.82. The maximum atomic E-state index is 12.2. The number of fused-ring (bicyclic) bond motifs is 1. The van der Waals surface area contributed by atoms with E-state index in [0.29, 0.717) is 10.2 Å². The van der Waals surface area contributed by atoms with E-state index in [4.69, 9.17) is 0 Å². The Morgan fingerprint density at radius 1 is 1.26 bits per heavy atom. The van der Waals surface area contributed by atoms with Crippen LogP contribution in [0.3, 0.4) is 0 Å². The fourth-order valence-corrected chi connectivity index (χ4v) is 3.48. The maximum Gasteiger partial charge on any atom is 0.328 e. The number of aromatic amines is 1. The topological polar surface area (TPSA) is 84.0 Å². The Balaban J connectivity index is 1.64. The third-order valence-corrected chi connectivity index (χ3v) is 4.91. The van der Waals surface area contributed by atoms with Gasteiger partial charge in [-0.15, -0.1) is 22.7 Å². The highest BCUT2D eigenvalue weighted by Crippen LogP contribution is 2.12. The van der Waals surface area contributed by atoms with Crippen molar-refractivity contribution in [3.8, 4) is 0 Å². The van der Waals surface area contributed by atoms with E-state index in [1.807, 2.05) is 17.5 Å². The molecule has 0 bridgehead atoms. The number of amides is 1. The summed E-state index contributed by atoms with van der Waals surface area (Å²) in [5, 5.41) is 6.34. The molecule has 2 N–H and O–H groups in total. The number of hydrogen-bond acceptors (Lipinski definition) is 5. The highest BCUT2D eigenvalue weighted by molar-refractivity contribution is 7.17. The lowest BCUT2D eigenvalue weighted by atomic mass is 10.4. The lowest BCUT2D eigenvalue weighted by molar-refractivity contribution is -0.116. The molecule has 118 valence electrons. The van der Waals surface area contributed by atoms with E-state index in [2.05, 4.69) is 10.3 Å². The molecule has 6 nitrogen and oxygen atoms in total. The first-order valence-corrected chi connectivity index (χ1v) is 8.61. The van der Waals surface area contributed by atoms with Crippen LogP contribution < -0.4 is 16.6 Å². The monoisotopic (exact) mass is 347 g/mol. The molecule has 0 unspecified atom stereocenters. The van der Waals surface area contributed by atoms with Gasteiger partial charge in [0.1, 0.15) is 4.70 Å². The smallest absolute Gasteiger partial charge is 0.328 e. The Kier molecular flexibility index (Phi) is 4.54. The zero-order chi connectivity index (χ0) is 16.2. The van der Waals surface area contributed by atoms with E-state index < -0.39 is 5.69 Å². The molecule has 0 aliphatic carbocycles. The van der Waals surface area contributed by atoms with Gasteiger partial charge in [0.2, 0.25) is 5.91 Å². The predicted molar refractivity (Wildman–Crippen MR) is 93.1 cm³/mol. The number of rotatable bonds is 5. The van der Waals surface area contributed by atoms with Gasteiger partial charge in [-0.1, -0.05) is 6.07 Å².